The quantitative estimate of drug-likeness (QED) is 0.751. The van der Waals surface area contributed by atoms with E-state index in [1.54, 1.807) is 4.90 Å². The lowest BCUT2D eigenvalue weighted by molar-refractivity contribution is -0.133. The van der Waals surface area contributed by atoms with E-state index in [4.69, 9.17) is 0 Å². The fourth-order valence-corrected chi connectivity index (χ4v) is 2.48. The molecule has 0 radical (unpaired) electrons. The van der Waals surface area contributed by atoms with Crippen molar-refractivity contribution in [2.45, 2.75) is 25.7 Å². The summed E-state index contributed by atoms with van der Waals surface area (Å²) in [5, 5.41) is 6.21. The highest BCUT2D eigenvalue weighted by atomic mass is 35.5. The first-order valence-corrected chi connectivity index (χ1v) is 6.51. The fourth-order valence-electron chi connectivity index (χ4n) is 2.48. The molecule has 2 aliphatic heterocycles. The van der Waals surface area contributed by atoms with Crippen molar-refractivity contribution in [2.75, 3.05) is 32.7 Å². The van der Waals surface area contributed by atoms with Crippen LogP contribution in [-0.2, 0) is 9.59 Å². The second-order valence-corrected chi connectivity index (χ2v) is 4.92. The van der Waals surface area contributed by atoms with Crippen molar-refractivity contribution in [2.24, 2.45) is 5.92 Å². The molecule has 0 bridgehead atoms. The van der Waals surface area contributed by atoms with Crippen molar-refractivity contribution in [3.05, 3.63) is 0 Å². The lowest BCUT2D eigenvalue weighted by Gasteiger charge is -2.15. The summed E-state index contributed by atoms with van der Waals surface area (Å²) in [6, 6.07) is 0. The van der Waals surface area contributed by atoms with E-state index < -0.39 is 0 Å². The Balaban J connectivity index is 0.00000162. The van der Waals surface area contributed by atoms with Crippen molar-refractivity contribution in [3.63, 3.8) is 0 Å². The van der Waals surface area contributed by atoms with Crippen LogP contribution >= 0.6 is 12.4 Å². The Hall–Kier alpha value is -0.810. The highest BCUT2D eigenvalue weighted by Gasteiger charge is 2.22. The molecule has 0 aromatic rings. The molecule has 2 saturated heterocycles. The third-order valence-corrected chi connectivity index (χ3v) is 3.54. The Morgan fingerprint density at radius 1 is 1.50 bits per heavy atom. The Labute approximate surface area is 114 Å². The Kier molecular flexibility index (Phi) is 6.43. The van der Waals surface area contributed by atoms with Gasteiger partial charge in [0.2, 0.25) is 11.8 Å². The number of likely N-dealkylation sites (tertiary alicyclic amines) is 1. The Bertz CT molecular complexity index is 293. The third-order valence-electron chi connectivity index (χ3n) is 3.54. The summed E-state index contributed by atoms with van der Waals surface area (Å²) in [7, 11) is 0. The molecule has 5 nitrogen and oxygen atoms in total. The summed E-state index contributed by atoms with van der Waals surface area (Å²) in [6.45, 7) is 3.87. The van der Waals surface area contributed by atoms with Crippen molar-refractivity contribution < 1.29 is 9.59 Å². The summed E-state index contributed by atoms with van der Waals surface area (Å²) in [5.74, 6) is 0.787. The maximum Gasteiger partial charge on any atom is 0.239 e. The van der Waals surface area contributed by atoms with E-state index >= 15 is 0 Å². The van der Waals surface area contributed by atoms with E-state index in [-0.39, 0.29) is 30.8 Å². The second-order valence-electron chi connectivity index (χ2n) is 4.92. The molecule has 1 atom stereocenters. The number of nitrogens with zero attached hydrogens (tertiary/aromatic N) is 1. The predicted octanol–water partition coefficient (Wildman–Crippen LogP) is 0.146. The van der Waals surface area contributed by atoms with Crippen molar-refractivity contribution in [1.82, 2.24) is 15.5 Å². The summed E-state index contributed by atoms with van der Waals surface area (Å²) in [4.78, 5) is 24.6. The molecular weight excluding hydrogens is 254 g/mol. The summed E-state index contributed by atoms with van der Waals surface area (Å²) >= 11 is 0. The van der Waals surface area contributed by atoms with E-state index in [1.165, 1.54) is 6.42 Å². The van der Waals surface area contributed by atoms with Gasteiger partial charge in [-0.15, -0.1) is 12.4 Å². The van der Waals surface area contributed by atoms with Gasteiger partial charge in [-0.2, -0.15) is 0 Å². The molecule has 0 aliphatic carbocycles. The lowest BCUT2D eigenvalue weighted by atomic mass is 10.1. The average molecular weight is 276 g/mol. The van der Waals surface area contributed by atoms with E-state index in [0.717, 1.165) is 39.0 Å². The molecule has 2 heterocycles. The Morgan fingerprint density at radius 3 is 2.94 bits per heavy atom. The average Bonchev–Trinajstić information content (AvgIpc) is 2.92. The molecule has 2 aliphatic rings. The van der Waals surface area contributed by atoms with Crippen molar-refractivity contribution >= 4 is 24.2 Å². The lowest BCUT2D eigenvalue weighted by Crippen LogP contribution is -2.38. The molecule has 2 amide bonds. The van der Waals surface area contributed by atoms with Gasteiger partial charge in [-0.1, -0.05) is 0 Å². The molecule has 1 unspecified atom stereocenters. The summed E-state index contributed by atoms with van der Waals surface area (Å²) in [5.41, 5.74) is 0. The molecule has 2 rings (SSSR count). The smallest absolute Gasteiger partial charge is 0.239 e. The molecule has 0 spiro atoms. The van der Waals surface area contributed by atoms with E-state index in [1.807, 2.05) is 0 Å². The van der Waals surface area contributed by atoms with Crippen LogP contribution in [0.4, 0.5) is 0 Å². The SMILES string of the molecule is Cl.O=C(CN1CCCC1=O)NCCC1CCNC1. The molecule has 0 aromatic carbocycles. The maximum atomic E-state index is 11.6. The maximum absolute atomic E-state index is 11.6. The van der Waals surface area contributed by atoms with Crippen LogP contribution in [0, 0.1) is 5.92 Å². The standard InChI is InChI=1S/C12H21N3O2.ClH/c16-11(9-15-7-1-2-12(15)17)14-6-4-10-3-5-13-8-10;/h10,13H,1-9H2,(H,14,16);1H. The van der Waals surface area contributed by atoms with Crippen LogP contribution in [0.1, 0.15) is 25.7 Å². The second kappa shape index (κ2) is 7.59. The highest BCUT2D eigenvalue weighted by Crippen LogP contribution is 2.11. The number of hydrogen-bond donors (Lipinski definition) is 2. The van der Waals surface area contributed by atoms with Crippen LogP contribution in [0.5, 0.6) is 0 Å². The largest absolute Gasteiger partial charge is 0.355 e. The van der Waals surface area contributed by atoms with Gasteiger partial charge in [0, 0.05) is 19.5 Å². The molecule has 0 aromatic heterocycles. The van der Waals surface area contributed by atoms with Crippen LogP contribution < -0.4 is 10.6 Å². The van der Waals surface area contributed by atoms with Crippen LogP contribution in [0.2, 0.25) is 0 Å². The number of rotatable bonds is 5. The number of carbonyl (C=O) groups excluding carboxylic acids is 2. The van der Waals surface area contributed by atoms with E-state index in [9.17, 15) is 9.59 Å². The van der Waals surface area contributed by atoms with Gasteiger partial charge in [0.05, 0.1) is 6.54 Å². The van der Waals surface area contributed by atoms with Crippen LogP contribution in [-0.4, -0.2) is 49.4 Å². The van der Waals surface area contributed by atoms with E-state index in [2.05, 4.69) is 10.6 Å². The topological polar surface area (TPSA) is 61.4 Å². The molecule has 2 N–H and O–H groups in total. The molecule has 18 heavy (non-hydrogen) atoms. The fraction of sp³-hybridized carbons (Fsp3) is 0.833. The van der Waals surface area contributed by atoms with Gasteiger partial charge in [0.15, 0.2) is 0 Å². The monoisotopic (exact) mass is 275 g/mol. The zero-order valence-corrected chi connectivity index (χ0v) is 11.4. The first-order valence-electron chi connectivity index (χ1n) is 6.51. The minimum absolute atomic E-state index is 0. The van der Waals surface area contributed by atoms with Crippen LogP contribution in [0.15, 0.2) is 0 Å². The van der Waals surface area contributed by atoms with Crippen LogP contribution in [0.3, 0.4) is 0 Å². The number of halogens is 1. The van der Waals surface area contributed by atoms with Crippen molar-refractivity contribution in [1.29, 1.82) is 0 Å². The normalized spacial score (nSPS) is 23.0. The zero-order chi connectivity index (χ0) is 12.1. The van der Waals surface area contributed by atoms with Crippen molar-refractivity contribution in [3.8, 4) is 0 Å². The van der Waals surface area contributed by atoms with Gasteiger partial charge in [0.1, 0.15) is 0 Å². The summed E-state index contributed by atoms with van der Waals surface area (Å²) in [6.07, 6.45) is 3.73. The first kappa shape index (κ1) is 15.2. The Morgan fingerprint density at radius 2 is 2.33 bits per heavy atom. The minimum atomic E-state index is -0.0220. The van der Waals surface area contributed by atoms with Gasteiger partial charge in [0.25, 0.3) is 0 Å². The number of amides is 2. The number of carbonyl (C=O) groups is 2. The minimum Gasteiger partial charge on any atom is -0.355 e. The molecule has 0 saturated carbocycles. The highest BCUT2D eigenvalue weighted by molar-refractivity contribution is 5.86. The van der Waals surface area contributed by atoms with E-state index in [0.29, 0.717) is 12.3 Å². The van der Waals surface area contributed by atoms with Gasteiger partial charge in [-0.05, 0) is 38.3 Å². The van der Waals surface area contributed by atoms with Gasteiger partial charge in [-0.25, -0.2) is 0 Å². The molecule has 6 heteroatoms. The molecule has 104 valence electrons. The summed E-state index contributed by atoms with van der Waals surface area (Å²) < 4.78 is 0. The zero-order valence-electron chi connectivity index (χ0n) is 10.6. The number of nitrogens with one attached hydrogen (secondary N) is 2. The van der Waals surface area contributed by atoms with Crippen LogP contribution in [0.25, 0.3) is 0 Å². The first-order chi connectivity index (χ1) is 8.25. The van der Waals surface area contributed by atoms with Gasteiger partial charge in [-0.3, -0.25) is 9.59 Å². The van der Waals surface area contributed by atoms with Gasteiger partial charge < -0.3 is 15.5 Å². The predicted molar refractivity (Wildman–Crippen MR) is 71.7 cm³/mol. The van der Waals surface area contributed by atoms with Gasteiger partial charge >= 0.3 is 0 Å². The molecule has 2 fully saturated rings. The molecular formula is C12H22ClN3O2. The third kappa shape index (κ3) is 4.46. The number of hydrogen-bond acceptors (Lipinski definition) is 3.